The van der Waals surface area contributed by atoms with Gasteiger partial charge in [0, 0.05) is 11.9 Å². The van der Waals surface area contributed by atoms with Crippen molar-refractivity contribution in [2.45, 2.75) is 20.4 Å². The average molecular weight is 269 g/mol. The van der Waals surface area contributed by atoms with Gasteiger partial charge in [0.15, 0.2) is 0 Å². The number of aryl methyl sites for hydroxylation is 2. The summed E-state index contributed by atoms with van der Waals surface area (Å²) in [4.78, 5) is 4.52. The Morgan fingerprint density at radius 3 is 2.85 bits per heavy atom. The molecular formula is C16H16FN3. The molecular weight excluding hydrogens is 253 g/mol. The maximum Gasteiger partial charge on any atom is 0.137 e. The van der Waals surface area contributed by atoms with Crippen molar-refractivity contribution in [2.24, 2.45) is 0 Å². The van der Waals surface area contributed by atoms with Crippen molar-refractivity contribution in [3.63, 3.8) is 0 Å². The first-order chi connectivity index (χ1) is 9.65. The SMILES string of the molecule is Cc1cc(F)ccc1NCc1c(C)nc2ccccn12. The summed E-state index contributed by atoms with van der Waals surface area (Å²) >= 11 is 0. The van der Waals surface area contributed by atoms with E-state index in [9.17, 15) is 4.39 Å². The maximum atomic E-state index is 13.1. The van der Waals surface area contributed by atoms with Gasteiger partial charge in [-0.3, -0.25) is 0 Å². The zero-order valence-corrected chi connectivity index (χ0v) is 11.5. The number of halogens is 1. The molecule has 1 aromatic carbocycles. The minimum atomic E-state index is -0.209. The number of nitrogens with one attached hydrogen (secondary N) is 1. The maximum absolute atomic E-state index is 13.1. The number of imidazole rings is 1. The van der Waals surface area contributed by atoms with Gasteiger partial charge in [0.05, 0.1) is 17.9 Å². The summed E-state index contributed by atoms with van der Waals surface area (Å²) in [6.07, 6.45) is 2.00. The van der Waals surface area contributed by atoms with Crippen LogP contribution in [0.5, 0.6) is 0 Å². The van der Waals surface area contributed by atoms with Crippen LogP contribution in [0.15, 0.2) is 42.6 Å². The van der Waals surface area contributed by atoms with Crippen molar-refractivity contribution in [1.29, 1.82) is 0 Å². The molecule has 3 nitrogen and oxygen atoms in total. The van der Waals surface area contributed by atoms with Crippen molar-refractivity contribution in [2.75, 3.05) is 5.32 Å². The molecule has 0 spiro atoms. The largest absolute Gasteiger partial charge is 0.379 e. The normalized spacial score (nSPS) is 10.9. The van der Waals surface area contributed by atoms with Crippen LogP contribution in [-0.4, -0.2) is 9.38 Å². The van der Waals surface area contributed by atoms with Gasteiger partial charge in [-0.1, -0.05) is 6.07 Å². The predicted molar refractivity (Wildman–Crippen MR) is 78.4 cm³/mol. The summed E-state index contributed by atoms with van der Waals surface area (Å²) < 4.78 is 15.2. The van der Waals surface area contributed by atoms with Crippen molar-refractivity contribution in [3.8, 4) is 0 Å². The fourth-order valence-electron chi connectivity index (χ4n) is 2.38. The molecule has 2 heterocycles. The molecule has 0 aliphatic rings. The first-order valence-electron chi connectivity index (χ1n) is 6.58. The molecule has 0 atom stereocenters. The molecule has 0 unspecified atom stereocenters. The highest BCUT2D eigenvalue weighted by Crippen LogP contribution is 2.18. The third-order valence-corrected chi connectivity index (χ3v) is 3.46. The van der Waals surface area contributed by atoms with E-state index in [4.69, 9.17) is 0 Å². The number of pyridine rings is 1. The number of benzene rings is 1. The Kier molecular flexibility index (Phi) is 3.14. The van der Waals surface area contributed by atoms with Crippen molar-refractivity contribution >= 4 is 11.3 Å². The molecule has 3 rings (SSSR count). The highest BCUT2D eigenvalue weighted by atomic mass is 19.1. The number of hydrogen-bond acceptors (Lipinski definition) is 2. The molecule has 0 aliphatic carbocycles. The summed E-state index contributed by atoms with van der Waals surface area (Å²) in [5.74, 6) is -0.209. The molecule has 2 aromatic heterocycles. The Labute approximate surface area is 117 Å². The Balaban J connectivity index is 1.88. The van der Waals surface area contributed by atoms with Gasteiger partial charge in [-0.2, -0.15) is 0 Å². The lowest BCUT2D eigenvalue weighted by atomic mass is 10.2. The number of aromatic nitrogens is 2. The molecule has 0 fully saturated rings. The number of nitrogens with zero attached hydrogens (tertiary/aromatic N) is 2. The van der Waals surface area contributed by atoms with Crippen LogP contribution < -0.4 is 5.32 Å². The Hall–Kier alpha value is -2.36. The lowest BCUT2D eigenvalue weighted by Gasteiger charge is -2.10. The number of anilines is 1. The monoisotopic (exact) mass is 269 g/mol. The van der Waals surface area contributed by atoms with Crippen LogP contribution in [-0.2, 0) is 6.54 Å². The summed E-state index contributed by atoms with van der Waals surface area (Å²) in [6, 6.07) is 10.7. The average Bonchev–Trinajstić information content (AvgIpc) is 2.74. The molecule has 0 aliphatic heterocycles. The van der Waals surface area contributed by atoms with E-state index >= 15 is 0 Å². The molecule has 4 heteroatoms. The Morgan fingerprint density at radius 1 is 1.20 bits per heavy atom. The van der Waals surface area contributed by atoms with Crippen molar-refractivity contribution in [1.82, 2.24) is 9.38 Å². The van der Waals surface area contributed by atoms with E-state index in [1.54, 1.807) is 6.07 Å². The fourth-order valence-corrected chi connectivity index (χ4v) is 2.38. The lowest BCUT2D eigenvalue weighted by Crippen LogP contribution is -2.05. The van der Waals surface area contributed by atoms with Gasteiger partial charge in [-0.05, 0) is 49.7 Å². The number of fused-ring (bicyclic) bond motifs is 1. The first-order valence-corrected chi connectivity index (χ1v) is 6.58. The molecule has 0 saturated heterocycles. The predicted octanol–water partition coefficient (Wildman–Crippen LogP) is 3.70. The summed E-state index contributed by atoms with van der Waals surface area (Å²) in [5.41, 5.74) is 4.90. The van der Waals surface area contributed by atoms with Crippen LogP contribution in [0.2, 0.25) is 0 Å². The highest BCUT2D eigenvalue weighted by Gasteiger charge is 2.08. The molecule has 20 heavy (non-hydrogen) atoms. The van der Waals surface area contributed by atoms with Crippen LogP contribution in [0.3, 0.4) is 0 Å². The van der Waals surface area contributed by atoms with E-state index in [2.05, 4.69) is 14.7 Å². The highest BCUT2D eigenvalue weighted by molar-refractivity contribution is 5.51. The second-order valence-corrected chi connectivity index (χ2v) is 4.89. The van der Waals surface area contributed by atoms with Crippen LogP contribution in [0.25, 0.3) is 5.65 Å². The third-order valence-electron chi connectivity index (χ3n) is 3.46. The van der Waals surface area contributed by atoms with Crippen LogP contribution in [0, 0.1) is 19.7 Å². The molecule has 0 radical (unpaired) electrons. The molecule has 102 valence electrons. The van der Waals surface area contributed by atoms with Crippen LogP contribution in [0.1, 0.15) is 17.0 Å². The third kappa shape index (κ3) is 2.25. The second-order valence-electron chi connectivity index (χ2n) is 4.89. The van der Waals surface area contributed by atoms with Gasteiger partial charge in [-0.15, -0.1) is 0 Å². The van der Waals surface area contributed by atoms with E-state index < -0.39 is 0 Å². The minimum absolute atomic E-state index is 0.209. The fraction of sp³-hybridized carbons (Fsp3) is 0.188. The summed E-state index contributed by atoms with van der Waals surface area (Å²) in [7, 11) is 0. The first kappa shape index (κ1) is 12.7. The van der Waals surface area contributed by atoms with Gasteiger partial charge in [0.2, 0.25) is 0 Å². The quantitative estimate of drug-likeness (QED) is 0.785. The Bertz CT molecular complexity index is 762. The molecule has 1 N–H and O–H groups in total. The van der Waals surface area contributed by atoms with Crippen molar-refractivity contribution < 1.29 is 4.39 Å². The molecule has 0 saturated carbocycles. The van der Waals surface area contributed by atoms with Gasteiger partial charge in [0.1, 0.15) is 11.5 Å². The molecule has 0 bridgehead atoms. The number of hydrogen-bond donors (Lipinski definition) is 1. The second kappa shape index (κ2) is 4.96. The van der Waals surface area contributed by atoms with E-state index in [0.29, 0.717) is 6.54 Å². The van der Waals surface area contributed by atoms with E-state index in [0.717, 1.165) is 28.3 Å². The van der Waals surface area contributed by atoms with Gasteiger partial charge >= 0.3 is 0 Å². The van der Waals surface area contributed by atoms with Gasteiger partial charge in [0.25, 0.3) is 0 Å². The van der Waals surface area contributed by atoms with Crippen LogP contribution in [0.4, 0.5) is 10.1 Å². The molecule has 3 aromatic rings. The minimum Gasteiger partial charge on any atom is -0.379 e. The van der Waals surface area contributed by atoms with E-state index in [-0.39, 0.29) is 5.82 Å². The van der Waals surface area contributed by atoms with Gasteiger partial charge < -0.3 is 9.72 Å². The van der Waals surface area contributed by atoms with Crippen molar-refractivity contribution in [3.05, 3.63) is 65.4 Å². The van der Waals surface area contributed by atoms with E-state index in [1.807, 2.05) is 38.2 Å². The lowest BCUT2D eigenvalue weighted by molar-refractivity contribution is 0.627. The van der Waals surface area contributed by atoms with Crippen LogP contribution >= 0.6 is 0 Å². The zero-order valence-electron chi connectivity index (χ0n) is 11.5. The Morgan fingerprint density at radius 2 is 2.05 bits per heavy atom. The van der Waals surface area contributed by atoms with Gasteiger partial charge in [-0.25, -0.2) is 9.37 Å². The summed E-state index contributed by atoms with van der Waals surface area (Å²) in [5, 5.41) is 3.35. The smallest absolute Gasteiger partial charge is 0.137 e. The standard InChI is InChI=1S/C16H16FN3/c1-11-9-13(17)6-7-14(11)18-10-15-12(2)19-16-5-3-4-8-20(15)16/h3-9,18H,10H2,1-2H3. The van der Waals surface area contributed by atoms with E-state index in [1.165, 1.54) is 12.1 Å². The summed E-state index contributed by atoms with van der Waals surface area (Å²) in [6.45, 7) is 4.55. The zero-order chi connectivity index (χ0) is 14.1. The number of rotatable bonds is 3. The molecule has 0 amide bonds. The topological polar surface area (TPSA) is 29.3 Å².